The Kier molecular flexibility index (Phi) is 3.76. The van der Waals surface area contributed by atoms with E-state index < -0.39 is 11.9 Å². The van der Waals surface area contributed by atoms with E-state index in [1.54, 1.807) is 0 Å². The molecule has 0 saturated heterocycles. The molecule has 0 fully saturated rings. The highest BCUT2D eigenvalue weighted by Crippen LogP contribution is 2.60. The third kappa shape index (κ3) is 2.30. The van der Waals surface area contributed by atoms with Gasteiger partial charge in [0.1, 0.15) is 11.5 Å². The van der Waals surface area contributed by atoms with Gasteiger partial charge in [0.15, 0.2) is 0 Å². The molecule has 0 heterocycles. The molecule has 2 aromatic carbocycles. The van der Waals surface area contributed by atoms with Crippen LogP contribution in [-0.2, 0) is 9.59 Å². The van der Waals surface area contributed by atoms with Gasteiger partial charge in [-0.05, 0) is 13.3 Å². The van der Waals surface area contributed by atoms with Crippen LogP contribution in [0.5, 0.6) is 11.5 Å². The molecule has 0 radical (unpaired) electrons. The zero-order valence-electron chi connectivity index (χ0n) is 14.5. The predicted octanol–water partition coefficient (Wildman–Crippen LogP) is 4.55. The number of rotatable bonds is 4. The molecule has 0 aliphatic heterocycles. The van der Waals surface area contributed by atoms with Crippen molar-refractivity contribution in [1.82, 2.24) is 0 Å². The van der Waals surface area contributed by atoms with Gasteiger partial charge in [-0.15, -0.1) is 0 Å². The first kappa shape index (κ1) is 16.3. The topological polar surface area (TPSA) is 52.6 Å². The van der Waals surface area contributed by atoms with E-state index in [-0.39, 0.29) is 11.8 Å². The SMILES string of the molecule is C=CC(=O)Oc1c2c(c(OC(=O)C=C)c3ccccc13)C1CC2C=C1C. The van der Waals surface area contributed by atoms with E-state index in [4.69, 9.17) is 9.47 Å². The van der Waals surface area contributed by atoms with Gasteiger partial charge in [0, 0.05) is 45.9 Å². The number of carbonyl (C=O) groups is 2. The second-order valence-electron chi connectivity index (χ2n) is 6.59. The normalized spacial score (nSPS) is 19.7. The van der Waals surface area contributed by atoms with E-state index in [1.165, 1.54) is 5.57 Å². The molecule has 4 heteroatoms. The molecule has 0 amide bonds. The molecule has 0 aromatic heterocycles. The van der Waals surface area contributed by atoms with E-state index in [0.29, 0.717) is 11.5 Å². The number of allylic oxidation sites excluding steroid dienone is 2. The summed E-state index contributed by atoms with van der Waals surface area (Å²) in [5.41, 5.74) is 3.12. The summed E-state index contributed by atoms with van der Waals surface area (Å²) in [5.74, 6) is 0.380. The molecule has 4 nitrogen and oxygen atoms in total. The molecule has 0 N–H and O–H groups in total. The highest BCUT2D eigenvalue weighted by Gasteiger charge is 2.42. The lowest BCUT2D eigenvalue weighted by atomic mass is 9.87. The van der Waals surface area contributed by atoms with Crippen LogP contribution in [-0.4, -0.2) is 11.9 Å². The molecule has 2 atom stereocenters. The van der Waals surface area contributed by atoms with Gasteiger partial charge in [0.2, 0.25) is 0 Å². The van der Waals surface area contributed by atoms with Crippen molar-refractivity contribution in [3.63, 3.8) is 0 Å². The summed E-state index contributed by atoms with van der Waals surface area (Å²) in [6.07, 6.45) is 5.41. The van der Waals surface area contributed by atoms with Crippen LogP contribution in [0.15, 0.2) is 61.2 Å². The Labute approximate surface area is 151 Å². The summed E-state index contributed by atoms with van der Waals surface area (Å²) in [5, 5.41) is 1.49. The van der Waals surface area contributed by atoms with Crippen LogP contribution in [0.3, 0.4) is 0 Å². The van der Waals surface area contributed by atoms with Crippen molar-refractivity contribution in [3.05, 3.63) is 72.4 Å². The lowest BCUT2D eigenvalue weighted by Gasteiger charge is -2.23. The molecule has 2 unspecified atom stereocenters. The quantitative estimate of drug-likeness (QED) is 0.353. The maximum atomic E-state index is 12.0. The van der Waals surface area contributed by atoms with Crippen molar-refractivity contribution >= 4 is 22.7 Å². The zero-order chi connectivity index (χ0) is 18.4. The molecular weight excluding hydrogens is 328 g/mol. The molecule has 130 valence electrons. The molecule has 4 rings (SSSR count). The molecule has 2 aliphatic rings. The molecule has 2 bridgehead atoms. The minimum absolute atomic E-state index is 0.147. The van der Waals surface area contributed by atoms with Gasteiger partial charge in [-0.3, -0.25) is 0 Å². The van der Waals surface area contributed by atoms with Gasteiger partial charge < -0.3 is 9.47 Å². The highest BCUT2D eigenvalue weighted by molar-refractivity contribution is 6.01. The van der Waals surface area contributed by atoms with Gasteiger partial charge in [0.05, 0.1) is 0 Å². The smallest absolute Gasteiger partial charge is 0.335 e. The van der Waals surface area contributed by atoms with Gasteiger partial charge in [-0.25, -0.2) is 9.59 Å². The number of benzene rings is 2. The first-order valence-electron chi connectivity index (χ1n) is 8.50. The number of hydrogen-bond acceptors (Lipinski definition) is 4. The molecule has 0 spiro atoms. The van der Waals surface area contributed by atoms with Crippen LogP contribution in [0.4, 0.5) is 0 Å². The van der Waals surface area contributed by atoms with Gasteiger partial charge in [-0.1, -0.05) is 49.1 Å². The van der Waals surface area contributed by atoms with Crippen LogP contribution in [0.2, 0.25) is 0 Å². The lowest BCUT2D eigenvalue weighted by molar-refractivity contribution is -0.130. The third-order valence-corrected chi connectivity index (χ3v) is 5.16. The van der Waals surface area contributed by atoms with Crippen molar-refractivity contribution in [2.75, 3.05) is 0 Å². The summed E-state index contributed by atoms with van der Waals surface area (Å²) in [4.78, 5) is 23.9. The molecular formula is C22H18O4. The van der Waals surface area contributed by atoms with Crippen molar-refractivity contribution < 1.29 is 19.1 Å². The summed E-state index contributed by atoms with van der Waals surface area (Å²) in [7, 11) is 0. The van der Waals surface area contributed by atoms with E-state index >= 15 is 0 Å². The second kappa shape index (κ2) is 5.99. The number of fused-ring (bicyclic) bond motifs is 6. The van der Waals surface area contributed by atoms with Crippen molar-refractivity contribution in [3.8, 4) is 11.5 Å². The fraction of sp³-hybridized carbons (Fsp3) is 0.182. The monoisotopic (exact) mass is 346 g/mol. The fourth-order valence-corrected chi connectivity index (χ4v) is 4.12. The average molecular weight is 346 g/mol. The average Bonchev–Trinajstić information content (AvgIpc) is 3.21. The van der Waals surface area contributed by atoms with Crippen LogP contribution in [0, 0.1) is 0 Å². The third-order valence-electron chi connectivity index (χ3n) is 5.16. The molecule has 2 aliphatic carbocycles. The van der Waals surface area contributed by atoms with Gasteiger partial charge in [-0.2, -0.15) is 0 Å². The van der Waals surface area contributed by atoms with Crippen molar-refractivity contribution in [1.29, 1.82) is 0 Å². The van der Waals surface area contributed by atoms with Crippen LogP contribution >= 0.6 is 0 Å². The Morgan fingerprint density at radius 1 is 1.00 bits per heavy atom. The van der Waals surface area contributed by atoms with E-state index in [9.17, 15) is 9.59 Å². The minimum atomic E-state index is -0.503. The Bertz CT molecular complexity index is 1010. The first-order valence-corrected chi connectivity index (χ1v) is 8.50. The van der Waals surface area contributed by atoms with Crippen LogP contribution < -0.4 is 9.47 Å². The Balaban J connectivity index is 2.05. The second-order valence-corrected chi connectivity index (χ2v) is 6.59. The van der Waals surface area contributed by atoms with Crippen LogP contribution in [0.25, 0.3) is 10.8 Å². The Morgan fingerprint density at radius 2 is 1.54 bits per heavy atom. The standard InChI is InChI=1S/C22H18O4/c1-4-17(23)25-21-14-8-6-7-9-15(14)22(26-18(24)5-2)20-16-11-13(19(20)21)10-12(16)3/h4-10,13,16H,1-2,11H2,3H3. The largest absolute Gasteiger partial charge is 0.422 e. The highest BCUT2D eigenvalue weighted by atomic mass is 16.5. The molecule has 26 heavy (non-hydrogen) atoms. The number of ether oxygens (including phenoxy) is 2. The fourth-order valence-electron chi connectivity index (χ4n) is 4.12. The maximum Gasteiger partial charge on any atom is 0.335 e. The maximum absolute atomic E-state index is 12.0. The number of esters is 2. The molecule has 0 saturated carbocycles. The Morgan fingerprint density at radius 3 is 2.08 bits per heavy atom. The van der Waals surface area contributed by atoms with E-state index in [2.05, 4.69) is 26.2 Å². The van der Waals surface area contributed by atoms with Crippen LogP contribution in [0.1, 0.15) is 36.3 Å². The summed E-state index contributed by atoms with van der Waals surface area (Å²) >= 11 is 0. The van der Waals surface area contributed by atoms with E-state index in [1.807, 2.05) is 24.3 Å². The van der Waals surface area contributed by atoms with Gasteiger partial charge in [0.25, 0.3) is 0 Å². The van der Waals surface area contributed by atoms with E-state index in [0.717, 1.165) is 40.5 Å². The summed E-state index contributed by atoms with van der Waals surface area (Å²) in [6, 6.07) is 7.48. The Hall–Kier alpha value is -3.14. The first-order chi connectivity index (χ1) is 12.5. The summed E-state index contributed by atoms with van der Waals surface area (Å²) < 4.78 is 11.3. The van der Waals surface area contributed by atoms with Gasteiger partial charge >= 0.3 is 11.9 Å². The minimum Gasteiger partial charge on any atom is -0.422 e. The zero-order valence-corrected chi connectivity index (χ0v) is 14.5. The lowest BCUT2D eigenvalue weighted by Crippen LogP contribution is -2.12. The number of hydrogen-bond donors (Lipinski definition) is 0. The molecule has 2 aromatic rings. The number of carbonyl (C=O) groups excluding carboxylic acids is 2. The van der Waals surface area contributed by atoms with Crippen molar-refractivity contribution in [2.45, 2.75) is 25.2 Å². The predicted molar refractivity (Wildman–Crippen MR) is 99.5 cm³/mol. The summed E-state index contributed by atoms with van der Waals surface area (Å²) in [6.45, 7) is 9.07. The van der Waals surface area contributed by atoms with Crippen molar-refractivity contribution in [2.24, 2.45) is 0 Å².